The lowest BCUT2D eigenvalue weighted by Crippen LogP contribution is -2.59. The summed E-state index contributed by atoms with van der Waals surface area (Å²) >= 11 is 4.12. The number of rotatable bonds is 2. The predicted molar refractivity (Wildman–Crippen MR) is 109 cm³/mol. The SMILES string of the molecule is COC(=O)[C@@]12CC3(CC(C)(C)[C@H]1CCc1ccc(OC)cc12)SCCS3. The zero-order valence-corrected chi connectivity index (χ0v) is 17.7. The third-order valence-corrected chi connectivity index (χ3v) is 10.1. The van der Waals surface area contributed by atoms with Crippen molar-refractivity contribution < 1.29 is 14.3 Å². The Bertz CT molecular complexity index is 724. The summed E-state index contributed by atoms with van der Waals surface area (Å²) < 4.78 is 11.1. The standard InChI is InChI=1S/C21H28O3S2/c1-19(2)12-20(25-9-10-26-20)13-21(18(22)24-4)16-11-15(23-3)7-5-14(16)6-8-17(19)21/h5,7,11,17H,6,8-10,12-13H2,1-4H3/t17-,21-/m1/s1. The van der Waals surface area contributed by atoms with Gasteiger partial charge in [-0.1, -0.05) is 19.9 Å². The zero-order valence-electron chi connectivity index (χ0n) is 16.1. The molecule has 1 saturated heterocycles. The Hall–Kier alpha value is -0.810. The molecule has 1 saturated carbocycles. The zero-order chi connectivity index (χ0) is 18.6. The Kier molecular flexibility index (Phi) is 4.54. The van der Waals surface area contributed by atoms with E-state index in [9.17, 15) is 4.79 Å². The summed E-state index contributed by atoms with van der Waals surface area (Å²) in [5, 5.41) is 0. The van der Waals surface area contributed by atoms with Gasteiger partial charge in [0, 0.05) is 11.5 Å². The van der Waals surface area contributed by atoms with E-state index in [0.717, 1.165) is 37.0 Å². The summed E-state index contributed by atoms with van der Waals surface area (Å²) in [4.78, 5) is 13.4. The molecule has 1 heterocycles. The Labute approximate surface area is 165 Å². The van der Waals surface area contributed by atoms with Crippen LogP contribution >= 0.6 is 23.5 Å². The molecule has 1 spiro atoms. The number of fused-ring (bicyclic) bond motifs is 3. The molecule has 4 rings (SSSR count). The molecular formula is C21H28O3S2. The first-order chi connectivity index (χ1) is 12.4. The molecule has 0 radical (unpaired) electrons. The van der Waals surface area contributed by atoms with E-state index in [1.54, 1.807) is 14.2 Å². The van der Waals surface area contributed by atoms with Crippen LogP contribution in [0.2, 0.25) is 0 Å². The maximum absolute atomic E-state index is 13.4. The van der Waals surface area contributed by atoms with Gasteiger partial charge in [0.1, 0.15) is 5.75 Å². The summed E-state index contributed by atoms with van der Waals surface area (Å²) in [6, 6.07) is 6.28. The number of thioether (sulfide) groups is 2. The highest BCUT2D eigenvalue weighted by atomic mass is 32.2. The van der Waals surface area contributed by atoms with Gasteiger partial charge in [0.15, 0.2) is 0 Å². The fourth-order valence-electron chi connectivity index (χ4n) is 5.84. The van der Waals surface area contributed by atoms with Crippen LogP contribution in [0.25, 0.3) is 0 Å². The third kappa shape index (κ3) is 2.61. The molecule has 5 heteroatoms. The number of ether oxygens (including phenoxy) is 2. The molecule has 2 aliphatic carbocycles. The molecule has 26 heavy (non-hydrogen) atoms. The molecule has 0 bridgehead atoms. The fourth-order valence-corrected chi connectivity index (χ4v) is 9.69. The number of aryl methyl sites for hydroxylation is 1. The van der Waals surface area contributed by atoms with Crippen LogP contribution in [-0.2, 0) is 21.4 Å². The van der Waals surface area contributed by atoms with Gasteiger partial charge in [-0.2, -0.15) is 0 Å². The van der Waals surface area contributed by atoms with Crippen LogP contribution < -0.4 is 4.74 Å². The van der Waals surface area contributed by atoms with Crippen molar-refractivity contribution in [3.63, 3.8) is 0 Å². The van der Waals surface area contributed by atoms with Crippen LogP contribution in [0.5, 0.6) is 5.75 Å². The second-order valence-electron chi connectivity index (χ2n) is 8.53. The van der Waals surface area contributed by atoms with Crippen molar-refractivity contribution in [2.75, 3.05) is 25.7 Å². The normalized spacial score (nSPS) is 31.2. The van der Waals surface area contributed by atoms with Crippen molar-refractivity contribution >= 4 is 29.5 Å². The minimum Gasteiger partial charge on any atom is -0.497 e. The van der Waals surface area contributed by atoms with Crippen LogP contribution in [-0.4, -0.2) is 35.8 Å². The lowest BCUT2D eigenvalue weighted by Gasteiger charge is -2.58. The maximum atomic E-state index is 13.4. The van der Waals surface area contributed by atoms with E-state index in [2.05, 4.69) is 49.5 Å². The summed E-state index contributed by atoms with van der Waals surface area (Å²) in [5.41, 5.74) is 1.97. The van der Waals surface area contributed by atoms with Gasteiger partial charge >= 0.3 is 5.97 Å². The van der Waals surface area contributed by atoms with Crippen molar-refractivity contribution in [3.8, 4) is 5.75 Å². The van der Waals surface area contributed by atoms with Crippen molar-refractivity contribution in [2.24, 2.45) is 11.3 Å². The Morgan fingerprint density at radius 3 is 2.54 bits per heavy atom. The molecule has 1 aromatic rings. The molecule has 1 aliphatic heterocycles. The molecule has 0 unspecified atom stereocenters. The van der Waals surface area contributed by atoms with Crippen LogP contribution in [0.1, 0.15) is 44.2 Å². The van der Waals surface area contributed by atoms with Gasteiger partial charge in [-0.15, -0.1) is 23.5 Å². The molecule has 2 atom stereocenters. The van der Waals surface area contributed by atoms with E-state index in [-0.39, 0.29) is 15.5 Å². The minimum absolute atomic E-state index is 0.0584. The van der Waals surface area contributed by atoms with Gasteiger partial charge in [-0.3, -0.25) is 4.79 Å². The van der Waals surface area contributed by atoms with Crippen molar-refractivity contribution in [1.29, 1.82) is 0 Å². The lowest BCUT2D eigenvalue weighted by molar-refractivity contribution is -0.156. The van der Waals surface area contributed by atoms with Gasteiger partial charge in [0.2, 0.25) is 0 Å². The predicted octanol–water partition coefficient (Wildman–Crippen LogP) is 4.66. The Balaban J connectivity index is 1.95. The van der Waals surface area contributed by atoms with Gasteiger partial charge < -0.3 is 9.47 Å². The highest BCUT2D eigenvalue weighted by Crippen LogP contribution is 2.67. The van der Waals surface area contributed by atoms with E-state index < -0.39 is 5.41 Å². The first kappa shape index (κ1) is 18.5. The fraction of sp³-hybridized carbons (Fsp3) is 0.667. The number of esters is 1. The first-order valence-corrected chi connectivity index (χ1v) is 11.4. The number of carbonyl (C=O) groups is 1. The number of hydrogen-bond donors (Lipinski definition) is 0. The van der Waals surface area contributed by atoms with Gasteiger partial charge in [0.25, 0.3) is 0 Å². The van der Waals surface area contributed by atoms with E-state index >= 15 is 0 Å². The average Bonchev–Trinajstić information content (AvgIpc) is 3.06. The molecular weight excluding hydrogens is 364 g/mol. The minimum atomic E-state index is -0.567. The van der Waals surface area contributed by atoms with Gasteiger partial charge in [0.05, 0.1) is 23.7 Å². The second kappa shape index (κ2) is 6.37. The molecule has 1 aromatic carbocycles. The number of hydrogen-bond acceptors (Lipinski definition) is 5. The number of carbonyl (C=O) groups excluding carboxylic acids is 1. The summed E-state index contributed by atoms with van der Waals surface area (Å²) in [6.07, 6.45) is 4.11. The highest BCUT2D eigenvalue weighted by molar-refractivity contribution is 8.21. The molecule has 3 aliphatic rings. The Morgan fingerprint density at radius 2 is 1.88 bits per heavy atom. The molecule has 142 valence electrons. The number of benzene rings is 1. The maximum Gasteiger partial charge on any atom is 0.316 e. The quantitative estimate of drug-likeness (QED) is 0.684. The van der Waals surface area contributed by atoms with Crippen LogP contribution in [0.15, 0.2) is 18.2 Å². The monoisotopic (exact) mass is 392 g/mol. The lowest BCUT2D eigenvalue weighted by atomic mass is 9.49. The van der Waals surface area contributed by atoms with Crippen LogP contribution in [0.4, 0.5) is 0 Å². The van der Waals surface area contributed by atoms with E-state index in [4.69, 9.17) is 9.47 Å². The number of methoxy groups -OCH3 is 2. The molecule has 0 amide bonds. The topological polar surface area (TPSA) is 35.5 Å². The first-order valence-electron chi connectivity index (χ1n) is 9.41. The Morgan fingerprint density at radius 1 is 1.15 bits per heavy atom. The van der Waals surface area contributed by atoms with Crippen molar-refractivity contribution in [3.05, 3.63) is 29.3 Å². The smallest absolute Gasteiger partial charge is 0.316 e. The molecule has 2 fully saturated rings. The van der Waals surface area contributed by atoms with Gasteiger partial charge in [-0.25, -0.2) is 0 Å². The van der Waals surface area contributed by atoms with Crippen LogP contribution in [0, 0.1) is 11.3 Å². The highest BCUT2D eigenvalue weighted by Gasteiger charge is 2.64. The summed E-state index contributed by atoms with van der Waals surface area (Å²) in [5.74, 6) is 3.42. The third-order valence-electron chi connectivity index (χ3n) is 6.67. The van der Waals surface area contributed by atoms with E-state index in [1.165, 1.54) is 17.1 Å². The largest absolute Gasteiger partial charge is 0.497 e. The summed E-state index contributed by atoms with van der Waals surface area (Å²) in [6.45, 7) is 4.72. The van der Waals surface area contributed by atoms with E-state index in [1.807, 2.05) is 6.07 Å². The van der Waals surface area contributed by atoms with E-state index in [0.29, 0.717) is 5.92 Å². The van der Waals surface area contributed by atoms with Crippen LogP contribution in [0.3, 0.4) is 0 Å². The second-order valence-corrected chi connectivity index (χ2v) is 11.7. The molecule has 0 aromatic heterocycles. The molecule has 0 N–H and O–H groups in total. The summed E-state index contributed by atoms with van der Waals surface area (Å²) in [7, 11) is 3.24. The average molecular weight is 393 g/mol. The van der Waals surface area contributed by atoms with Crippen molar-refractivity contribution in [2.45, 2.75) is 49.0 Å². The molecule has 3 nitrogen and oxygen atoms in total. The van der Waals surface area contributed by atoms with Gasteiger partial charge in [-0.05, 0) is 60.3 Å². The van der Waals surface area contributed by atoms with Crippen molar-refractivity contribution in [1.82, 2.24) is 0 Å².